The van der Waals surface area contributed by atoms with Crippen molar-refractivity contribution in [2.45, 2.75) is 44.2 Å². The Hall–Kier alpha value is -1.55. The van der Waals surface area contributed by atoms with Crippen LogP contribution < -0.4 is 4.90 Å². The van der Waals surface area contributed by atoms with Crippen molar-refractivity contribution < 1.29 is 26.4 Å². The van der Waals surface area contributed by atoms with Gasteiger partial charge < -0.3 is 4.90 Å². The number of rotatable bonds is 4. The van der Waals surface area contributed by atoms with Gasteiger partial charge in [-0.25, -0.2) is 8.42 Å². The van der Waals surface area contributed by atoms with E-state index in [4.69, 9.17) is 0 Å². The van der Waals surface area contributed by atoms with E-state index in [1.807, 2.05) is 13.8 Å². The molecule has 0 radical (unpaired) electrons. The third-order valence-corrected chi connectivity index (χ3v) is 8.27. The lowest BCUT2D eigenvalue weighted by atomic mass is 10.0. The molecule has 1 amide bonds. The van der Waals surface area contributed by atoms with Crippen LogP contribution in [0.4, 0.5) is 18.9 Å². The zero-order chi connectivity index (χ0) is 20.7. The molecule has 0 saturated carbocycles. The summed E-state index contributed by atoms with van der Waals surface area (Å²) in [6.07, 6.45) is -3.30. The first-order valence-corrected chi connectivity index (χ1v) is 11.7. The molecule has 2 fully saturated rings. The van der Waals surface area contributed by atoms with Crippen LogP contribution in [0.2, 0.25) is 0 Å². The highest BCUT2D eigenvalue weighted by molar-refractivity contribution is 8.16. The minimum Gasteiger partial charge on any atom is -0.316 e. The number of anilines is 1. The van der Waals surface area contributed by atoms with Gasteiger partial charge in [-0.3, -0.25) is 4.79 Å². The summed E-state index contributed by atoms with van der Waals surface area (Å²) in [5.41, 5.74) is -0.631. The van der Waals surface area contributed by atoms with Crippen LogP contribution in [0.3, 0.4) is 0 Å². The number of sulfone groups is 1. The van der Waals surface area contributed by atoms with Crippen LogP contribution in [0.1, 0.15) is 32.3 Å². The molecule has 154 valence electrons. The summed E-state index contributed by atoms with van der Waals surface area (Å²) in [4.78, 5) is 18.2. The number of aliphatic imine (C=N–C) groups is 1. The molecule has 10 heteroatoms. The highest BCUT2D eigenvalue weighted by Gasteiger charge is 2.49. The second-order valence-corrected chi connectivity index (χ2v) is 10.3. The first-order chi connectivity index (χ1) is 13.1. The molecule has 1 aromatic carbocycles. The predicted octanol–water partition coefficient (Wildman–Crippen LogP) is 3.74. The van der Waals surface area contributed by atoms with Gasteiger partial charge in [-0.05, 0) is 31.0 Å². The highest BCUT2D eigenvalue weighted by Crippen LogP contribution is 2.42. The molecule has 0 aliphatic carbocycles. The van der Waals surface area contributed by atoms with Crippen molar-refractivity contribution in [3.05, 3.63) is 29.8 Å². The van der Waals surface area contributed by atoms with E-state index in [2.05, 4.69) is 4.99 Å². The Kier molecular flexibility index (Phi) is 5.82. The molecule has 0 N–H and O–H groups in total. The first kappa shape index (κ1) is 21.2. The average Bonchev–Trinajstić information content (AvgIpc) is 3.06. The van der Waals surface area contributed by atoms with Crippen LogP contribution in [0, 0.1) is 5.92 Å². The van der Waals surface area contributed by atoms with E-state index in [1.165, 1.54) is 17.0 Å². The Morgan fingerprint density at radius 1 is 1.29 bits per heavy atom. The summed E-state index contributed by atoms with van der Waals surface area (Å²) in [6.45, 7) is 3.75. The van der Waals surface area contributed by atoms with Crippen LogP contribution in [0.25, 0.3) is 0 Å². The minimum absolute atomic E-state index is 0.0734. The molecular formula is C18H21F3N2O3S2. The molecule has 1 aromatic rings. The van der Waals surface area contributed by atoms with Crippen LogP contribution in [-0.2, 0) is 20.8 Å². The van der Waals surface area contributed by atoms with E-state index in [0.29, 0.717) is 12.8 Å². The second kappa shape index (κ2) is 7.70. The Balaban J connectivity index is 2.03. The number of nitrogens with zero attached hydrogens (tertiary/aromatic N) is 2. The van der Waals surface area contributed by atoms with Crippen molar-refractivity contribution >= 4 is 38.4 Å². The fraction of sp³-hybridized carbons (Fsp3) is 0.556. The summed E-state index contributed by atoms with van der Waals surface area (Å²) in [5.74, 6) is -0.831. The summed E-state index contributed by atoms with van der Waals surface area (Å²) in [5, 5.41) is -0.0751. The lowest BCUT2D eigenvalue weighted by Crippen LogP contribution is -2.38. The number of fused-ring (bicyclic) bond motifs is 1. The van der Waals surface area contributed by atoms with Crippen molar-refractivity contribution in [1.29, 1.82) is 0 Å². The van der Waals surface area contributed by atoms with E-state index >= 15 is 0 Å². The Bertz CT molecular complexity index is 896. The maximum Gasteiger partial charge on any atom is 0.416 e. The van der Waals surface area contributed by atoms with E-state index in [1.54, 1.807) is 0 Å². The van der Waals surface area contributed by atoms with Gasteiger partial charge in [-0.2, -0.15) is 18.2 Å². The van der Waals surface area contributed by atoms with Crippen LogP contribution >= 0.6 is 11.8 Å². The minimum atomic E-state index is -4.52. The predicted molar refractivity (Wildman–Crippen MR) is 104 cm³/mol. The molecule has 28 heavy (non-hydrogen) atoms. The van der Waals surface area contributed by atoms with Crippen LogP contribution in [0.5, 0.6) is 0 Å². The van der Waals surface area contributed by atoms with Crippen molar-refractivity contribution in [3.8, 4) is 0 Å². The van der Waals surface area contributed by atoms with Gasteiger partial charge in [0.1, 0.15) is 0 Å². The number of halogens is 3. The number of benzene rings is 1. The molecule has 5 nitrogen and oxygen atoms in total. The topological polar surface area (TPSA) is 66.8 Å². The van der Waals surface area contributed by atoms with E-state index in [9.17, 15) is 26.4 Å². The Labute approximate surface area is 166 Å². The Morgan fingerprint density at radius 2 is 1.96 bits per heavy atom. The van der Waals surface area contributed by atoms with Crippen LogP contribution in [0.15, 0.2) is 29.3 Å². The molecule has 2 aliphatic heterocycles. The lowest BCUT2D eigenvalue weighted by molar-refractivity contribution is -0.137. The van der Waals surface area contributed by atoms with E-state index in [-0.39, 0.29) is 39.4 Å². The summed E-state index contributed by atoms with van der Waals surface area (Å²) >= 11 is 1.16. The quantitative estimate of drug-likeness (QED) is 0.722. The van der Waals surface area contributed by atoms with Gasteiger partial charge >= 0.3 is 6.18 Å². The molecule has 0 aromatic heterocycles. The molecule has 3 rings (SSSR count). The van der Waals surface area contributed by atoms with Crippen molar-refractivity contribution in [2.24, 2.45) is 10.9 Å². The van der Waals surface area contributed by atoms with Gasteiger partial charge in [0, 0.05) is 16.9 Å². The molecular weight excluding hydrogens is 413 g/mol. The van der Waals surface area contributed by atoms with Crippen molar-refractivity contribution in [2.75, 3.05) is 16.4 Å². The lowest BCUT2D eigenvalue weighted by Gasteiger charge is -2.25. The normalized spacial score (nSPS) is 25.5. The maximum atomic E-state index is 13.1. The summed E-state index contributed by atoms with van der Waals surface area (Å²) < 4.78 is 63.5. The monoisotopic (exact) mass is 434 g/mol. The largest absolute Gasteiger partial charge is 0.416 e. The molecule has 2 atom stereocenters. The SMILES string of the molecule is CCC(CC)C(=O)N=C1S[C@@H]2CS(=O)(=O)C[C@H]2N1c1cccc(C(F)(F)F)c1. The third kappa shape index (κ3) is 4.22. The number of amides is 1. The molecule has 0 spiro atoms. The van der Waals surface area contributed by atoms with E-state index in [0.717, 1.165) is 23.9 Å². The fourth-order valence-corrected chi connectivity index (χ4v) is 7.44. The summed E-state index contributed by atoms with van der Waals surface area (Å²) in [6, 6.07) is 4.17. The first-order valence-electron chi connectivity index (χ1n) is 9.01. The van der Waals surface area contributed by atoms with Crippen LogP contribution in [-0.4, -0.2) is 42.3 Å². The second-order valence-electron chi connectivity index (χ2n) is 6.96. The number of alkyl halides is 3. The fourth-order valence-electron chi connectivity index (χ4n) is 3.52. The van der Waals surface area contributed by atoms with Crippen molar-refractivity contribution in [1.82, 2.24) is 0 Å². The van der Waals surface area contributed by atoms with Gasteiger partial charge in [0.25, 0.3) is 5.91 Å². The number of thioether (sulfide) groups is 1. The van der Waals surface area contributed by atoms with Gasteiger partial charge in [-0.1, -0.05) is 31.7 Å². The van der Waals surface area contributed by atoms with Gasteiger partial charge in [0.05, 0.1) is 23.1 Å². The average molecular weight is 435 g/mol. The number of carbonyl (C=O) groups excluding carboxylic acids is 1. The molecule has 2 aliphatic rings. The highest BCUT2D eigenvalue weighted by atomic mass is 32.2. The summed E-state index contributed by atoms with van der Waals surface area (Å²) in [7, 11) is -3.29. The standard InChI is InChI=1S/C18H21F3N2O3S2/c1-3-11(4-2)16(24)22-17-23(14-9-28(25,26)10-15(14)27-17)13-7-5-6-12(8-13)18(19,20)21/h5-8,11,14-15H,3-4,9-10H2,1-2H3/t14-,15-/m1/s1. The Morgan fingerprint density at radius 3 is 2.57 bits per heavy atom. The van der Waals surface area contributed by atoms with E-state index < -0.39 is 27.6 Å². The number of hydrogen-bond acceptors (Lipinski definition) is 4. The molecule has 0 bridgehead atoms. The molecule has 0 unspecified atom stereocenters. The van der Waals surface area contributed by atoms with Gasteiger partial charge in [-0.15, -0.1) is 0 Å². The van der Waals surface area contributed by atoms with Gasteiger partial charge in [0.15, 0.2) is 15.0 Å². The number of carbonyl (C=O) groups is 1. The van der Waals surface area contributed by atoms with Crippen molar-refractivity contribution in [3.63, 3.8) is 0 Å². The zero-order valence-electron chi connectivity index (χ0n) is 15.4. The maximum absolute atomic E-state index is 13.1. The number of hydrogen-bond donors (Lipinski definition) is 0. The third-order valence-electron chi connectivity index (χ3n) is 5.06. The molecule has 2 heterocycles. The smallest absolute Gasteiger partial charge is 0.316 e. The number of amidine groups is 1. The molecule has 2 saturated heterocycles. The zero-order valence-corrected chi connectivity index (χ0v) is 17.1. The van der Waals surface area contributed by atoms with Gasteiger partial charge in [0.2, 0.25) is 0 Å².